The van der Waals surface area contributed by atoms with Crippen molar-refractivity contribution < 1.29 is 23.8 Å². The van der Waals surface area contributed by atoms with E-state index in [1.54, 1.807) is 25.1 Å². The largest absolute Gasteiger partial charge is 0.490 e. The quantitative estimate of drug-likeness (QED) is 0.448. The molecule has 9 heteroatoms. The van der Waals surface area contributed by atoms with Gasteiger partial charge in [-0.3, -0.25) is 10.2 Å². The molecule has 2 aromatic rings. The van der Waals surface area contributed by atoms with Crippen molar-refractivity contribution in [3.05, 3.63) is 70.5 Å². The van der Waals surface area contributed by atoms with Crippen molar-refractivity contribution in [1.29, 1.82) is 5.41 Å². The number of nitrogens with one attached hydrogen (secondary N) is 1. The van der Waals surface area contributed by atoms with E-state index < -0.39 is 5.91 Å². The summed E-state index contributed by atoms with van der Waals surface area (Å²) in [4.78, 5) is 21.9. The third-order valence-corrected chi connectivity index (χ3v) is 4.95. The number of ether oxygens (including phenoxy) is 3. The normalized spacial score (nSPS) is 16.2. The van der Waals surface area contributed by atoms with Crippen LogP contribution in [0.1, 0.15) is 19.4 Å². The molecule has 0 spiro atoms. The number of aliphatic imine (C=N–C) groups is 1. The van der Waals surface area contributed by atoms with Gasteiger partial charge in [0.25, 0.3) is 5.91 Å². The van der Waals surface area contributed by atoms with Gasteiger partial charge in [0.15, 0.2) is 23.2 Å². The van der Waals surface area contributed by atoms with Crippen molar-refractivity contribution in [3.8, 4) is 17.2 Å². The summed E-state index contributed by atoms with van der Waals surface area (Å²) in [5, 5.41) is 9.86. The molecule has 0 aliphatic carbocycles. The van der Waals surface area contributed by atoms with Gasteiger partial charge in [0.05, 0.1) is 17.2 Å². The summed E-state index contributed by atoms with van der Waals surface area (Å²) < 4.78 is 17.2. The zero-order valence-corrected chi connectivity index (χ0v) is 18.9. The van der Waals surface area contributed by atoms with Crippen molar-refractivity contribution in [2.45, 2.75) is 13.8 Å². The second-order valence-electron chi connectivity index (χ2n) is 7.10. The highest BCUT2D eigenvalue weighted by molar-refractivity contribution is 6.33. The molecule has 0 atom stereocenters. The molecule has 4 rings (SSSR count). The second kappa shape index (κ2) is 9.79. The summed E-state index contributed by atoms with van der Waals surface area (Å²) in [5.74, 6) is 1.74. The Labute approximate surface area is 196 Å². The van der Waals surface area contributed by atoms with E-state index in [1.165, 1.54) is 11.1 Å². The summed E-state index contributed by atoms with van der Waals surface area (Å²) in [6, 6.07) is 12.8. The van der Waals surface area contributed by atoms with E-state index in [0.717, 1.165) is 5.75 Å². The lowest BCUT2D eigenvalue weighted by atomic mass is 10.1. The van der Waals surface area contributed by atoms with Gasteiger partial charge in [-0.2, -0.15) is 4.99 Å². The summed E-state index contributed by atoms with van der Waals surface area (Å²) in [6.45, 7) is 4.54. The van der Waals surface area contributed by atoms with Crippen molar-refractivity contribution in [3.63, 3.8) is 0 Å². The molecule has 2 aliphatic rings. The molecule has 0 bridgehead atoms. The van der Waals surface area contributed by atoms with E-state index in [9.17, 15) is 4.79 Å². The van der Waals surface area contributed by atoms with Crippen LogP contribution >= 0.6 is 11.6 Å². The molecule has 2 aromatic carbocycles. The number of amides is 1. The Bertz CT molecular complexity index is 1170. The van der Waals surface area contributed by atoms with Crippen LogP contribution in [0, 0.1) is 5.41 Å². The highest BCUT2D eigenvalue weighted by Crippen LogP contribution is 2.37. The zero-order valence-electron chi connectivity index (χ0n) is 18.1. The second-order valence-corrected chi connectivity index (χ2v) is 7.50. The summed E-state index contributed by atoms with van der Waals surface area (Å²) in [7, 11) is 0. The van der Waals surface area contributed by atoms with Gasteiger partial charge >= 0.3 is 0 Å². The molecule has 2 heterocycles. The summed E-state index contributed by atoms with van der Waals surface area (Å²) >= 11 is 6.48. The first-order valence-electron chi connectivity index (χ1n) is 10.3. The van der Waals surface area contributed by atoms with Crippen LogP contribution in [0.15, 0.2) is 64.9 Å². The fourth-order valence-corrected chi connectivity index (χ4v) is 3.54. The number of hydrogen-bond acceptors (Lipinski definition) is 6. The highest BCUT2D eigenvalue weighted by Gasteiger charge is 2.34. The van der Waals surface area contributed by atoms with Crippen LogP contribution in [-0.2, 0) is 9.63 Å². The Morgan fingerprint density at radius 1 is 1.15 bits per heavy atom. The average molecular weight is 468 g/mol. The van der Waals surface area contributed by atoms with E-state index in [0.29, 0.717) is 41.1 Å². The average Bonchev–Trinajstić information content (AvgIpc) is 3.16. The monoisotopic (exact) mass is 467 g/mol. The topological polar surface area (TPSA) is 93.4 Å². The van der Waals surface area contributed by atoms with Crippen LogP contribution in [0.2, 0.25) is 5.02 Å². The number of halogens is 1. The molecule has 0 radical (unpaired) electrons. The molecule has 33 heavy (non-hydrogen) atoms. The Balaban J connectivity index is 1.52. The Morgan fingerprint density at radius 2 is 1.91 bits per heavy atom. The minimum Gasteiger partial charge on any atom is -0.490 e. The molecule has 0 fully saturated rings. The van der Waals surface area contributed by atoms with Crippen molar-refractivity contribution in [1.82, 2.24) is 5.06 Å². The lowest BCUT2D eigenvalue weighted by Gasteiger charge is -2.23. The first kappa shape index (κ1) is 22.4. The van der Waals surface area contributed by atoms with Crippen LogP contribution in [-0.4, -0.2) is 42.5 Å². The van der Waals surface area contributed by atoms with Crippen molar-refractivity contribution >= 4 is 35.3 Å². The number of nitrogens with zero attached hydrogens (tertiary/aromatic N) is 2. The third-order valence-electron chi connectivity index (χ3n) is 4.66. The van der Waals surface area contributed by atoms with Gasteiger partial charge in [-0.05, 0) is 49.8 Å². The SMILES string of the molecule is CCOc1cc(/C=C2\C(=N)N3OC(C)=CC3=NC2=O)cc(Cl)c1OCCOc1ccccc1. The lowest BCUT2D eigenvalue weighted by molar-refractivity contribution is -0.114. The van der Waals surface area contributed by atoms with Crippen LogP contribution in [0.4, 0.5) is 0 Å². The molecule has 170 valence electrons. The van der Waals surface area contributed by atoms with E-state index in [1.807, 2.05) is 37.3 Å². The predicted octanol–water partition coefficient (Wildman–Crippen LogP) is 4.65. The number of amidine groups is 2. The molecule has 0 saturated carbocycles. The maximum atomic E-state index is 12.5. The number of para-hydroxylation sites is 1. The molecular formula is C24H22ClN3O5. The molecular weight excluding hydrogens is 446 g/mol. The predicted molar refractivity (Wildman–Crippen MR) is 125 cm³/mol. The first-order valence-corrected chi connectivity index (χ1v) is 10.7. The zero-order chi connectivity index (χ0) is 23.4. The molecule has 2 aliphatic heterocycles. The standard InChI is InChI=1S/C24H22ClN3O5/c1-3-30-20-14-16(12-18-23(26)28-21(27-24(18)29)11-15(2)33-28)13-19(25)22(20)32-10-9-31-17-7-5-4-6-8-17/h4-8,11-14,26H,3,9-10H2,1-2H3/b18-12+,26-23?. The number of benzene rings is 2. The smallest absolute Gasteiger partial charge is 0.282 e. The van der Waals surface area contributed by atoms with Gasteiger partial charge < -0.3 is 19.0 Å². The van der Waals surface area contributed by atoms with Gasteiger partial charge in [-0.25, -0.2) is 0 Å². The minimum atomic E-state index is -0.534. The van der Waals surface area contributed by atoms with Crippen LogP contribution < -0.4 is 14.2 Å². The molecule has 8 nitrogen and oxygen atoms in total. The van der Waals surface area contributed by atoms with Crippen LogP contribution in [0.25, 0.3) is 6.08 Å². The molecule has 0 saturated heterocycles. The Hall–Kier alpha value is -3.78. The number of rotatable bonds is 8. The van der Waals surface area contributed by atoms with Gasteiger partial charge in [0.2, 0.25) is 0 Å². The van der Waals surface area contributed by atoms with Gasteiger partial charge in [-0.15, -0.1) is 5.06 Å². The number of carbonyl (C=O) groups excluding carboxylic acids is 1. The fraction of sp³-hybridized carbons (Fsp3) is 0.208. The van der Waals surface area contributed by atoms with Gasteiger partial charge in [0.1, 0.15) is 24.7 Å². The van der Waals surface area contributed by atoms with E-state index in [4.69, 9.17) is 36.1 Å². The van der Waals surface area contributed by atoms with Gasteiger partial charge in [0, 0.05) is 6.08 Å². The molecule has 1 amide bonds. The fourth-order valence-electron chi connectivity index (χ4n) is 3.26. The van der Waals surface area contributed by atoms with Gasteiger partial charge in [-0.1, -0.05) is 29.8 Å². The summed E-state index contributed by atoms with van der Waals surface area (Å²) in [5.41, 5.74) is 0.636. The van der Waals surface area contributed by atoms with E-state index >= 15 is 0 Å². The number of carbonyl (C=O) groups is 1. The highest BCUT2D eigenvalue weighted by atomic mass is 35.5. The first-order chi connectivity index (χ1) is 16.0. The maximum absolute atomic E-state index is 12.5. The minimum absolute atomic E-state index is 0.0743. The number of fused-ring (bicyclic) bond motifs is 1. The number of hydrogen-bond donors (Lipinski definition) is 1. The van der Waals surface area contributed by atoms with Crippen LogP contribution in [0.3, 0.4) is 0 Å². The van der Waals surface area contributed by atoms with Crippen molar-refractivity contribution in [2.24, 2.45) is 4.99 Å². The maximum Gasteiger partial charge on any atom is 0.282 e. The number of allylic oxidation sites excluding steroid dienone is 1. The molecule has 1 N–H and O–H groups in total. The summed E-state index contributed by atoms with van der Waals surface area (Å²) in [6.07, 6.45) is 3.12. The molecule has 0 aromatic heterocycles. The van der Waals surface area contributed by atoms with E-state index in [-0.39, 0.29) is 23.9 Å². The lowest BCUT2D eigenvalue weighted by Crippen LogP contribution is -2.38. The Kier molecular flexibility index (Phi) is 6.65. The van der Waals surface area contributed by atoms with E-state index in [2.05, 4.69) is 4.99 Å². The third kappa shape index (κ3) is 5.01. The Morgan fingerprint density at radius 3 is 2.67 bits per heavy atom. The number of hydroxylamine groups is 2. The van der Waals surface area contributed by atoms with Crippen LogP contribution in [0.5, 0.6) is 17.2 Å². The molecule has 0 unspecified atom stereocenters. The van der Waals surface area contributed by atoms with Crippen molar-refractivity contribution in [2.75, 3.05) is 19.8 Å².